The maximum Gasteiger partial charge on any atom is 0.292 e. The minimum atomic E-state index is -0.340. The highest BCUT2D eigenvalue weighted by atomic mass is 16.1. The Morgan fingerprint density at radius 3 is 2.72 bits per heavy atom. The number of aryl methyl sites for hydroxylation is 1. The normalized spacial score (nSPS) is 10.9. The molecule has 6 heteroatoms. The van der Waals surface area contributed by atoms with E-state index in [4.69, 9.17) is 0 Å². The summed E-state index contributed by atoms with van der Waals surface area (Å²) in [4.78, 5) is 23.5. The van der Waals surface area contributed by atoms with Crippen LogP contribution in [0.3, 0.4) is 0 Å². The Hall–Kier alpha value is -2.63. The molecule has 3 aromatic rings. The summed E-state index contributed by atoms with van der Waals surface area (Å²) in [5.74, 6) is 0. The average Bonchev–Trinajstić information content (AvgIpc) is 2.70. The van der Waals surface area contributed by atoms with Crippen molar-refractivity contribution in [3.05, 3.63) is 56.6 Å². The van der Waals surface area contributed by atoms with Gasteiger partial charge in [0.15, 0.2) is 5.52 Å². The molecular weight excluding hydrogens is 232 g/mol. The predicted molar refractivity (Wildman–Crippen MR) is 67.0 cm³/mol. The van der Waals surface area contributed by atoms with Gasteiger partial charge in [-0.3, -0.25) is 19.8 Å². The fourth-order valence-corrected chi connectivity index (χ4v) is 1.88. The van der Waals surface area contributed by atoms with Crippen LogP contribution in [-0.2, 0) is 0 Å². The van der Waals surface area contributed by atoms with Crippen LogP contribution < -0.4 is 11.1 Å². The molecule has 0 radical (unpaired) electrons. The zero-order chi connectivity index (χ0) is 12.7. The maximum absolute atomic E-state index is 12.0. The SMILES string of the molecule is Cc1ccccc1-n1nc2c(=O)[nH][nH]c2cc1=O. The fourth-order valence-electron chi connectivity index (χ4n) is 1.88. The molecule has 0 unspecified atom stereocenters. The Morgan fingerprint density at radius 1 is 1.17 bits per heavy atom. The number of fused-ring (bicyclic) bond motifs is 1. The van der Waals surface area contributed by atoms with Crippen LogP contribution in [0.5, 0.6) is 0 Å². The zero-order valence-corrected chi connectivity index (χ0v) is 9.60. The number of aromatic nitrogens is 4. The van der Waals surface area contributed by atoms with Crippen LogP contribution in [0.1, 0.15) is 5.56 Å². The molecule has 0 amide bonds. The van der Waals surface area contributed by atoms with Crippen LogP contribution in [0.25, 0.3) is 16.7 Å². The molecule has 90 valence electrons. The number of nitrogens with one attached hydrogen (secondary N) is 2. The number of aromatic amines is 2. The molecule has 0 aliphatic carbocycles. The number of nitrogens with zero attached hydrogens (tertiary/aromatic N) is 2. The van der Waals surface area contributed by atoms with Crippen LogP contribution in [-0.4, -0.2) is 20.0 Å². The highest BCUT2D eigenvalue weighted by Crippen LogP contribution is 2.10. The van der Waals surface area contributed by atoms with Crippen molar-refractivity contribution >= 4 is 11.0 Å². The van der Waals surface area contributed by atoms with E-state index in [0.717, 1.165) is 5.56 Å². The Balaban J connectivity index is 2.39. The summed E-state index contributed by atoms with van der Waals surface area (Å²) in [5, 5.41) is 9.10. The zero-order valence-electron chi connectivity index (χ0n) is 9.60. The topological polar surface area (TPSA) is 83.5 Å². The highest BCUT2D eigenvalue weighted by Gasteiger charge is 2.09. The molecule has 0 atom stereocenters. The first-order chi connectivity index (χ1) is 8.66. The average molecular weight is 242 g/mol. The molecule has 2 aromatic heterocycles. The van der Waals surface area contributed by atoms with Crippen molar-refractivity contribution in [1.82, 2.24) is 20.0 Å². The first-order valence-corrected chi connectivity index (χ1v) is 5.43. The molecule has 1 aromatic carbocycles. The molecule has 18 heavy (non-hydrogen) atoms. The first-order valence-electron chi connectivity index (χ1n) is 5.43. The second-order valence-corrected chi connectivity index (χ2v) is 4.02. The Kier molecular flexibility index (Phi) is 2.16. The van der Waals surface area contributed by atoms with E-state index in [2.05, 4.69) is 15.3 Å². The van der Waals surface area contributed by atoms with Gasteiger partial charge in [0.25, 0.3) is 11.1 Å². The Bertz CT molecular complexity index is 841. The van der Waals surface area contributed by atoms with Gasteiger partial charge in [0.1, 0.15) is 0 Å². The maximum atomic E-state index is 12.0. The Labute approximate surface area is 101 Å². The molecule has 0 aliphatic heterocycles. The van der Waals surface area contributed by atoms with E-state index in [0.29, 0.717) is 11.2 Å². The first kappa shape index (κ1) is 10.5. The largest absolute Gasteiger partial charge is 0.296 e. The number of H-pyrrole nitrogens is 2. The summed E-state index contributed by atoms with van der Waals surface area (Å²) in [6.07, 6.45) is 0. The third-order valence-corrected chi connectivity index (χ3v) is 2.80. The van der Waals surface area contributed by atoms with Gasteiger partial charge >= 0.3 is 0 Å². The van der Waals surface area contributed by atoms with Gasteiger partial charge in [-0.1, -0.05) is 18.2 Å². The van der Waals surface area contributed by atoms with Crippen LogP contribution >= 0.6 is 0 Å². The molecule has 0 saturated heterocycles. The van der Waals surface area contributed by atoms with Gasteiger partial charge in [0, 0.05) is 6.07 Å². The van der Waals surface area contributed by atoms with Gasteiger partial charge in [0.05, 0.1) is 11.2 Å². The predicted octanol–water partition coefficient (Wildman–Crippen LogP) is 0.711. The van der Waals surface area contributed by atoms with Crippen LogP contribution in [0.2, 0.25) is 0 Å². The standard InChI is InChI=1S/C12H10N4O2/c1-7-4-2-3-5-9(7)16-10(17)6-8-11(15-16)12(18)14-13-8/h2-6,13H,1H3,(H,14,18). The monoisotopic (exact) mass is 242 g/mol. The summed E-state index contributed by atoms with van der Waals surface area (Å²) in [6, 6.07) is 8.73. The summed E-state index contributed by atoms with van der Waals surface area (Å²) < 4.78 is 1.24. The molecule has 0 fully saturated rings. The lowest BCUT2D eigenvalue weighted by Gasteiger charge is -2.06. The summed E-state index contributed by atoms with van der Waals surface area (Å²) in [6.45, 7) is 1.88. The van der Waals surface area contributed by atoms with Gasteiger partial charge in [-0.05, 0) is 18.6 Å². The van der Waals surface area contributed by atoms with E-state index in [-0.39, 0.29) is 16.6 Å². The van der Waals surface area contributed by atoms with Gasteiger partial charge in [0.2, 0.25) is 0 Å². The third-order valence-electron chi connectivity index (χ3n) is 2.80. The van der Waals surface area contributed by atoms with Crippen molar-refractivity contribution in [3.8, 4) is 5.69 Å². The van der Waals surface area contributed by atoms with Crippen LogP contribution in [0, 0.1) is 6.92 Å². The lowest BCUT2D eigenvalue weighted by Crippen LogP contribution is -2.22. The molecular formula is C12H10N4O2. The van der Waals surface area contributed by atoms with Gasteiger partial charge in [-0.15, -0.1) is 0 Å². The quantitative estimate of drug-likeness (QED) is 0.659. The fraction of sp³-hybridized carbons (Fsp3) is 0.0833. The number of rotatable bonds is 1. The number of hydrogen-bond acceptors (Lipinski definition) is 3. The molecule has 0 aliphatic rings. The minimum Gasteiger partial charge on any atom is -0.296 e. The van der Waals surface area contributed by atoms with E-state index in [9.17, 15) is 9.59 Å². The van der Waals surface area contributed by atoms with Crippen molar-refractivity contribution in [2.75, 3.05) is 0 Å². The van der Waals surface area contributed by atoms with E-state index in [1.807, 2.05) is 25.1 Å². The molecule has 6 nitrogen and oxygen atoms in total. The van der Waals surface area contributed by atoms with E-state index < -0.39 is 0 Å². The minimum absolute atomic E-state index is 0.220. The molecule has 2 heterocycles. The summed E-state index contributed by atoms with van der Waals surface area (Å²) in [5.41, 5.74) is 1.59. The third kappa shape index (κ3) is 1.46. The van der Waals surface area contributed by atoms with E-state index >= 15 is 0 Å². The Morgan fingerprint density at radius 2 is 1.94 bits per heavy atom. The van der Waals surface area contributed by atoms with E-state index in [1.54, 1.807) is 6.07 Å². The second kappa shape index (κ2) is 3.69. The smallest absolute Gasteiger partial charge is 0.292 e. The summed E-state index contributed by atoms with van der Waals surface area (Å²) in [7, 11) is 0. The molecule has 0 bridgehead atoms. The van der Waals surface area contributed by atoms with Crippen molar-refractivity contribution < 1.29 is 0 Å². The summed E-state index contributed by atoms with van der Waals surface area (Å²) >= 11 is 0. The highest BCUT2D eigenvalue weighted by molar-refractivity contribution is 5.72. The number of benzene rings is 1. The lowest BCUT2D eigenvalue weighted by atomic mass is 10.2. The van der Waals surface area contributed by atoms with Gasteiger partial charge in [-0.2, -0.15) is 9.78 Å². The van der Waals surface area contributed by atoms with Crippen LogP contribution in [0.4, 0.5) is 0 Å². The van der Waals surface area contributed by atoms with Crippen molar-refractivity contribution in [2.24, 2.45) is 0 Å². The van der Waals surface area contributed by atoms with Gasteiger partial charge in [-0.25, -0.2) is 0 Å². The van der Waals surface area contributed by atoms with Crippen molar-refractivity contribution in [3.63, 3.8) is 0 Å². The van der Waals surface area contributed by atoms with Crippen molar-refractivity contribution in [2.45, 2.75) is 6.92 Å². The molecule has 0 saturated carbocycles. The molecule has 0 spiro atoms. The number of para-hydroxylation sites is 1. The lowest BCUT2D eigenvalue weighted by molar-refractivity contribution is 0.824. The van der Waals surface area contributed by atoms with E-state index in [1.165, 1.54) is 10.7 Å². The van der Waals surface area contributed by atoms with Crippen LogP contribution in [0.15, 0.2) is 39.9 Å². The number of hydrogen-bond donors (Lipinski definition) is 2. The van der Waals surface area contributed by atoms with Crippen molar-refractivity contribution in [1.29, 1.82) is 0 Å². The molecule has 2 N–H and O–H groups in total. The molecule has 3 rings (SSSR count). The second-order valence-electron chi connectivity index (χ2n) is 4.02. The van der Waals surface area contributed by atoms with Gasteiger partial charge < -0.3 is 0 Å².